The molecule has 0 bridgehead atoms. The molecule has 9 nitrogen and oxygen atoms in total. The third-order valence-electron chi connectivity index (χ3n) is 2.79. The predicted octanol–water partition coefficient (Wildman–Crippen LogP) is 0.784. The number of benzene rings is 1. The first-order valence-electron chi connectivity index (χ1n) is 6.20. The Morgan fingerprint density at radius 2 is 1.65 bits per heavy atom. The predicted molar refractivity (Wildman–Crippen MR) is 78.5 cm³/mol. The van der Waals surface area contributed by atoms with E-state index in [1.807, 2.05) is 0 Å². The summed E-state index contributed by atoms with van der Waals surface area (Å²) in [6.07, 6.45) is 2.33. The second-order valence-electron chi connectivity index (χ2n) is 4.30. The van der Waals surface area contributed by atoms with E-state index in [9.17, 15) is 18.0 Å². The zero-order valence-electron chi connectivity index (χ0n) is 12.2. The number of aromatic amines is 1. The average Bonchev–Trinajstić information content (AvgIpc) is 3.07. The van der Waals surface area contributed by atoms with Gasteiger partial charge in [0, 0.05) is 0 Å². The average molecular weight is 339 g/mol. The first-order valence-corrected chi connectivity index (χ1v) is 7.68. The molecule has 1 aromatic carbocycles. The third kappa shape index (κ3) is 3.66. The van der Waals surface area contributed by atoms with Gasteiger partial charge in [0.2, 0.25) is 0 Å². The summed E-state index contributed by atoms with van der Waals surface area (Å²) in [5.41, 5.74) is -0.00155. The lowest BCUT2D eigenvalue weighted by Gasteiger charge is -2.10. The van der Waals surface area contributed by atoms with E-state index in [1.165, 1.54) is 38.7 Å². The molecule has 122 valence electrons. The lowest BCUT2D eigenvalue weighted by molar-refractivity contribution is 0.0599. The molecule has 0 aliphatic carbocycles. The van der Waals surface area contributed by atoms with Crippen molar-refractivity contribution < 1.29 is 27.5 Å². The number of sulfonamides is 1. The fourth-order valence-electron chi connectivity index (χ4n) is 1.76. The SMILES string of the molecule is COC(=O)c1cc(NS(=O)(=O)c2cnc[nH]2)cc(C(=O)OC)c1. The maximum atomic E-state index is 12.1. The van der Waals surface area contributed by atoms with Crippen LogP contribution in [0.4, 0.5) is 5.69 Å². The molecule has 0 saturated heterocycles. The highest BCUT2D eigenvalue weighted by molar-refractivity contribution is 7.92. The summed E-state index contributed by atoms with van der Waals surface area (Å²) in [6.45, 7) is 0. The van der Waals surface area contributed by atoms with Crippen LogP contribution in [-0.4, -0.2) is 44.5 Å². The van der Waals surface area contributed by atoms with Crippen LogP contribution in [0.3, 0.4) is 0 Å². The lowest BCUT2D eigenvalue weighted by atomic mass is 10.1. The molecule has 23 heavy (non-hydrogen) atoms. The smallest absolute Gasteiger partial charge is 0.337 e. The largest absolute Gasteiger partial charge is 0.465 e. The van der Waals surface area contributed by atoms with Crippen LogP contribution in [0.5, 0.6) is 0 Å². The fourth-order valence-corrected chi connectivity index (χ4v) is 2.70. The number of nitrogens with one attached hydrogen (secondary N) is 2. The van der Waals surface area contributed by atoms with Gasteiger partial charge in [-0.3, -0.25) is 4.72 Å². The number of esters is 2. The van der Waals surface area contributed by atoms with E-state index in [0.29, 0.717) is 0 Å². The second kappa shape index (κ2) is 6.48. The monoisotopic (exact) mass is 339 g/mol. The molecule has 0 aliphatic heterocycles. The molecule has 0 atom stereocenters. The molecule has 0 spiro atoms. The van der Waals surface area contributed by atoms with Gasteiger partial charge in [0.15, 0.2) is 5.03 Å². The number of nitrogens with zero attached hydrogens (tertiary/aromatic N) is 1. The Labute approximate surface area is 131 Å². The van der Waals surface area contributed by atoms with Crippen molar-refractivity contribution in [2.24, 2.45) is 0 Å². The summed E-state index contributed by atoms with van der Waals surface area (Å²) in [5, 5.41) is -0.166. The topological polar surface area (TPSA) is 127 Å². The Morgan fingerprint density at radius 3 is 2.09 bits per heavy atom. The van der Waals surface area contributed by atoms with Gasteiger partial charge < -0.3 is 14.5 Å². The van der Waals surface area contributed by atoms with Crippen LogP contribution < -0.4 is 4.72 Å². The van der Waals surface area contributed by atoms with E-state index in [-0.39, 0.29) is 21.8 Å². The minimum absolute atomic E-state index is 0.00212. The number of imidazole rings is 1. The summed E-state index contributed by atoms with van der Waals surface area (Å²) >= 11 is 0. The molecule has 10 heteroatoms. The van der Waals surface area contributed by atoms with Gasteiger partial charge in [-0.05, 0) is 18.2 Å². The molecule has 0 saturated carbocycles. The molecule has 2 aromatic rings. The van der Waals surface area contributed by atoms with E-state index in [0.717, 1.165) is 6.20 Å². The zero-order valence-corrected chi connectivity index (χ0v) is 13.0. The maximum absolute atomic E-state index is 12.1. The molecule has 0 fully saturated rings. The van der Waals surface area contributed by atoms with Gasteiger partial charge in [-0.1, -0.05) is 0 Å². The molecule has 0 aliphatic rings. The summed E-state index contributed by atoms with van der Waals surface area (Å²) in [6, 6.07) is 3.73. The molecule has 0 unspecified atom stereocenters. The molecule has 0 amide bonds. The van der Waals surface area contributed by atoms with Crippen LogP contribution in [0.2, 0.25) is 0 Å². The Balaban J connectivity index is 2.45. The standard InChI is InChI=1S/C13H13N3O6S/c1-21-12(17)8-3-9(13(18)22-2)5-10(4-8)16-23(19,20)11-6-14-7-15-11/h3-7,16H,1-2H3,(H,14,15). The van der Waals surface area contributed by atoms with E-state index >= 15 is 0 Å². The van der Waals surface area contributed by atoms with Crippen molar-refractivity contribution in [2.75, 3.05) is 18.9 Å². The van der Waals surface area contributed by atoms with Gasteiger partial charge in [0.1, 0.15) is 0 Å². The number of anilines is 1. The van der Waals surface area contributed by atoms with E-state index in [4.69, 9.17) is 0 Å². The Morgan fingerprint density at radius 1 is 1.09 bits per heavy atom. The lowest BCUT2D eigenvalue weighted by Crippen LogP contribution is -2.15. The zero-order chi connectivity index (χ0) is 17.0. The minimum Gasteiger partial charge on any atom is -0.465 e. The number of H-pyrrole nitrogens is 1. The summed E-state index contributed by atoms with van der Waals surface area (Å²) in [4.78, 5) is 29.4. The second-order valence-corrected chi connectivity index (χ2v) is 5.95. The van der Waals surface area contributed by atoms with Crippen LogP contribution in [0, 0.1) is 0 Å². The van der Waals surface area contributed by atoms with Crippen LogP contribution in [0.1, 0.15) is 20.7 Å². The number of aromatic nitrogens is 2. The first-order chi connectivity index (χ1) is 10.9. The van der Waals surface area contributed by atoms with E-state index in [2.05, 4.69) is 24.2 Å². The number of hydrogen-bond acceptors (Lipinski definition) is 7. The molecule has 1 heterocycles. The van der Waals surface area contributed by atoms with Crippen molar-refractivity contribution in [3.8, 4) is 0 Å². The highest BCUT2D eigenvalue weighted by Crippen LogP contribution is 2.20. The summed E-state index contributed by atoms with van der Waals surface area (Å²) < 4.78 is 35.7. The number of carbonyl (C=O) groups is 2. The molecule has 2 rings (SSSR count). The first kappa shape index (κ1) is 16.5. The van der Waals surface area contributed by atoms with Gasteiger partial charge in [0.05, 0.1) is 43.6 Å². The third-order valence-corrected chi connectivity index (χ3v) is 4.10. The number of rotatable bonds is 5. The fraction of sp³-hybridized carbons (Fsp3) is 0.154. The van der Waals surface area contributed by atoms with Crippen molar-refractivity contribution in [2.45, 2.75) is 5.03 Å². The van der Waals surface area contributed by atoms with E-state index in [1.54, 1.807) is 0 Å². The summed E-state index contributed by atoms with van der Waals surface area (Å²) in [5.74, 6) is -1.45. The molecule has 1 aromatic heterocycles. The van der Waals surface area contributed by atoms with Gasteiger partial charge in [-0.2, -0.15) is 8.42 Å². The van der Waals surface area contributed by atoms with Crippen molar-refractivity contribution in [1.82, 2.24) is 9.97 Å². The van der Waals surface area contributed by atoms with Crippen molar-refractivity contribution in [3.63, 3.8) is 0 Å². The summed E-state index contributed by atoms with van der Waals surface area (Å²) in [7, 11) is -1.60. The Kier molecular flexibility index (Phi) is 4.65. The van der Waals surface area contributed by atoms with Gasteiger partial charge in [0.25, 0.3) is 10.0 Å². The van der Waals surface area contributed by atoms with Crippen molar-refractivity contribution in [1.29, 1.82) is 0 Å². The Hall–Kier alpha value is -2.88. The number of methoxy groups -OCH3 is 2. The highest BCUT2D eigenvalue weighted by Gasteiger charge is 2.19. The number of ether oxygens (including phenoxy) is 2. The van der Waals surface area contributed by atoms with Crippen LogP contribution in [-0.2, 0) is 19.5 Å². The van der Waals surface area contributed by atoms with Gasteiger partial charge >= 0.3 is 11.9 Å². The van der Waals surface area contributed by atoms with Crippen LogP contribution in [0.25, 0.3) is 0 Å². The van der Waals surface area contributed by atoms with Crippen molar-refractivity contribution in [3.05, 3.63) is 41.9 Å². The highest BCUT2D eigenvalue weighted by atomic mass is 32.2. The van der Waals surface area contributed by atoms with Gasteiger partial charge in [-0.25, -0.2) is 14.6 Å². The minimum atomic E-state index is -3.94. The molecule has 0 radical (unpaired) electrons. The molecule has 2 N–H and O–H groups in total. The van der Waals surface area contributed by atoms with Gasteiger partial charge in [-0.15, -0.1) is 0 Å². The maximum Gasteiger partial charge on any atom is 0.337 e. The normalized spacial score (nSPS) is 10.9. The number of hydrogen-bond donors (Lipinski definition) is 2. The number of carbonyl (C=O) groups excluding carboxylic acids is 2. The van der Waals surface area contributed by atoms with Crippen LogP contribution in [0.15, 0.2) is 35.7 Å². The Bertz CT molecular complexity index is 795. The molecular weight excluding hydrogens is 326 g/mol. The van der Waals surface area contributed by atoms with Crippen LogP contribution >= 0.6 is 0 Å². The quantitative estimate of drug-likeness (QED) is 0.771. The van der Waals surface area contributed by atoms with Crippen molar-refractivity contribution >= 4 is 27.6 Å². The molecular formula is C13H13N3O6S. The van der Waals surface area contributed by atoms with E-state index < -0.39 is 22.0 Å².